The Balaban J connectivity index is 1.27. The smallest absolute Gasteiger partial charge is 0.295 e. The lowest BCUT2D eigenvalue weighted by Crippen LogP contribution is -2.30. The molecule has 0 aliphatic heterocycles. The summed E-state index contributed by atoms with van der Waals surface area (Å²) in [6.45, 7) is 1.76. The van der Waals surface area contributed by atoms with Gasteiger partial charge < -0.3 is 16.0 Å². The molecule has 0 atom stereocenters. The van der Waals surface area contributed by atoms with E-state index < -0.39 is 17.6 Å². The van der Waals surface area contributed by atoms with Crippen LogP contribution in [-0.2, 0) is 16.6 Å². The van der Waals surface area contributed by atoms with Gasteiger partial charge in [-0.2, -0.15) is 0 Å². The quantitative estimate of drug-likeness (QED) is 0.133. The van der Waals surface area contributed by atoms with Crippen molar-refractivity contribution in [2.24, 2.45) is 7.05 Å². The third-order valence-electron chi connectivity index (χ3n) is 7.01. The highest BCUT2D eigenvalue weighted by Gasteiger charge is 2.19. The van der Waals surface area contributed by atoms with E-state index in [-0.39, 0.29) is 34.2 Å². The summed E-state index contributed by atoms with van der Waals surface area (Å²) in [5.74, 6) is -2.12. The minimum Gasteiger partial charge on any atom is -0.321 e. The van der Waals surface area contributed by atoms with E-state index in [1.54, 1.807) is 79.3 Å². The number of carbonyl (C=O) groups excluding carboxylic acids is 3. The van der Waals surface area contributed by atoms with E-state index in [0.717, 1.165) is 0 Å². The van der Waals surface area contributed by atoms with Crippen molar-refractivity contribution in [3.63, 3.8) is 0 Å². The van der Waals surface area contributed by atoms with Gasteiger partial charge in [-0.25, -0.2) is 9.07 Å². The van der Waals surface area contributed by atoms with E-state index in [1.807, 2.05) is 30.3 Å². The summed E-state index contributed by atoms with van der Waals surface area (Å²) < 4.78 is 17.6. The summed E-state index contributed by atoms with van der Waals surface area (Å²) in [4.78, 5) is 52.9. The molecule has 0 unspecified atom stereocenters. The molecule has 5 aromatic rings. The van der Waals surface area contributed by atoms with E-state index in [2.05, 4.69) is 16.0 Å². The predicted molar refractivity (Wildman–Crippen MR) is 178 cm³/mol. The van der Waals surface area contributed by atoms with E-state index in [9.17, 15) is 23.6 Å². The van der Waals surface area contributed by atoms with Crippen molar-refractivity contribution in [3.8, 4) is 5.69 Å². The van der Waals surface area contributed by atoms with Crippen LogP contribution in [0.4, 0.5) is 15.8 Å². The van der Waals surface area contributed by atoms with Gasteiger partial charge in [-0.15, -0.1) is 11.8 Å². The maximum Gasteiger partial charge on any atom is 0.295 e. The minimum absolute atomic E-state index is 0.00206. The molecule has 0 bridgehead atoms. The molecule has 5 rings (SSSR count). The standard InChI is InChI=1S/C35H30FN5O4S/c1-23-32(35(45)41(40(23)2)27-16-7-4-8-17-27)39-31(42)22-46-28-18-11-15-26(21-28)37-34(44)30(20-25-14-9-10-19-29(25)36)38-33(43)24-12-5-3-6-13-24/h3-21H,22H2,1-2H3,(H,37,44)(H,38,43)(H,39,42)/b30-20-. The summed E-state index contributed by atoms with van der Waals surface area (Å²) in [6, 6.07) is 30.2. The molecule has 0 spiro atoms. The van der Waals surface area contributed by atoms with Crippen LogP contribution >= 0.6 is 11.8 Å². The molecular weight excluding hydrogens is 605 g/mol. The number of carbonyl (C=O) groups is 3. The summed E-state index contributed by atoms with van der Waals surface area (Å²) >= 11 is 1.22. The zero-order chi connectivity index (χ0) is 32.6. The van der Waals surface area contributed by atoms with Crippen molar-refractivity contribution in [2.45, 2.75) is 11.8 Å². The summed E-state index contributed by atoms with van der Waals surface area (Å²) in [6.07, 6.45) is 1.27. The SMILES string of the molecule is Cc1c(NC(=O)CSc2cccc(NC(=O)/C(=C/c3ccccc3F)NC(=O)c3ccccc3)c2)c(=O)n(-c2ccccc2)n1C. The fraction of sp³-hybridized carbons (Fsp3) is 0.0857. The second-order valence-corrected chi connectivity index (χ2v) is 11.2. The first kappa shape index (κ1) is 31.7. The number of thioether (sulfide) groups is 1. The Kier molecular flexibility index (Phi) is 9.94. The molecule has 46 heavy (non-hydrogen) atoms. The number of benzene rings is 4. The van der Waals surface area contributed by atoms with Crippen LogP contribution in [0.3, 0.4) is 0 Å². The Bertz CT molecular complexity index is 1990. The van der Waals surface area contributed by atoms with Gasteiger partial charge in [0.2, 0.25) is 5.91 Å². The zero-order valence-corrected chi connectivity index (χ0v) is 25.8. The average molecular weight is 636 g/mol. The highest BCUT2D eigenvalue weighted by Crippen LogP contribution is 2.23. The van der Waals surface area contributed by atoms with E-state index in [1.165, 1.54) is 40.7 Å². The lowest BCUT2D eigenvalue weighted by molar-refractivity contribution is -0.114. The molecule has 232 valence electrons. The Morgan fingerprint density at radius 2 is 1.52 bits per heavy atom. The maximum absolute atomic E-state index is 14.4. The van der Waals surface area contributed by atoms with Crippen LogP contribution in [0.5, 0.6) is 0 Å². The van der Waals surface area contributed by atoms with Gasteiger partial charge >= 0.3 is 0 Å². The third-order valence-corrected chi connectivity index (χ3v) is 8.01. The van der Waals surface area contributed by atoms with E-state index in [4.69, 9.17) is 0 Å². The summed E-state index contributed by atoms with van der Waals surface area (Å²) in [7, 11) is 1.75. The topological polar surface area (TPSA) is 114 Å². The molecule has 0 aliphatic rings. The first-order valence-electron chi connectivity index (χ1n) is 14.2. The van der Waals surface area contributed by atoms with Crippen molar-refractivity contribution in [1.82, 2.24) is 14.7 Å². The molecule has 0 fully saturated rings. The van der Waals surface area contributed by atoms with Gasteiger partial charge in [0.15, 0.2) is 0 Å². The normalized spacial score (nSPS) is 11.2. The molecule has 0 aliphatic carbocycles. The van der Waals surface area contributed by atoms with Crippen LogP contribution in [0.1, 0.15) is 21.6 Å². The van der Waals surface area contributed by atoms with Crippen molar-refractivity contribution < 1.29 is 18.8 Å². The Labute approximate surface area is 268 Å². The number of amides is 3. The number of anilines is 2. The summed E-state index contributed by atoms with van der Waals surface area (Å²) in [5, 5.41) is 8.07. The number of para-hydroxylation sites is 1. The second kappa shape index (κ2) is 14.4. The van der Waals surface area contributed by atoms with Crippen LogP contribution in [-0.4, -0.2) is 32.8 Å². The van der Waals surface area contributed by atoms with Crippen molar-refractivity contribution in [3.05, 3.63) is 148 Å². The Morgan fingerprint density at radius 3 is 2.24 bits per heavy atom. The number of hydrogen-bond donors (Lipinski definition) is 3. The molecule has 0 radical (unpaired) electrons. The van der Waals surface area contributed by atoms with Gasteiger partial charge in [0.05, 0.1) is 17.1 Å². The predicted octanol–water partition coefficient (Wildman–Crippen LogP) is 5.76. The molecule has 11 heteroatoms. The van der Waals surface area contributed by atoms with Gasteiger partial charge in [0.1, 0.15) is 17.2 Å². The van der Waals surface area contributed by atoms with Gasteiger partial charge in [-0.1, -0.05) is 60.7 Å². The van der Waals surface area contributed by atoms with Crippen LogP contribution in [0.25, 0.3) is 11.8 Å². The molecule has 1 aromatic heterocycles. The Morgan fingerprint density at radius 1 is 0.848 bits per heavy atom. The Hall–Kier alpha value is -5.68. The minimum atomic E-state index is -0.665. The van der Waals surface area contributed by atoms with Gasteiger partial charge in [-0.05, 0) is 61.5 Å². The highest BCUT2D eigenvalue weighted by molar-refractivity contribution is 8.00. The molecule has 0 saturated carbocycles. The van der Waals surface area contributed by atoms with Crippen LogP contribution < -0.4 is 21.5 Å². The third kappa shape index (κ3) is 7.51. The number of nitrogens with one attached hydrogen (secondary N) is 3. The largest absolute Gasteiger partial charge is 0.321 e. The molecule has 3 N–H and O–H groups in total. The molecule has 9 nitrogen and oxygen atoms in total. The molecule has 1 heterocycles. The number of hydrogen-bond acceptors (Lipinski definition) is 5. The fourth-order valence-electron chi connectivity index (χ4n) is 4.59. The number of halogens is 1. The number of aromatic nitrogens is 2. The lowest BCUT2D eigenvalue weighted by atomic mass is 10.1. The van der Waals surface area contributed by atoms with Crippen molar-refractivity contribution in [2.75, 3.05) is 16.4 Å². The summed E-state index contributed by atoms with van der Waals surface area (Å²) in [5.41, 5.74) is 1.84. The maximum atomic E-state index is 14.4. The van der Waals surface area contributed by atoms with Crippen molar-refractivity contribution >= 4 is 46.9 Å². The number of rotatable bonds is 10. The second-order valence-electron chi connectivity index (χ2n) is 10.2. The van der Waals surface area contributed by atoms with Gasteiger partial charge in [0, 0.05) is 28.8 Å². The molecular formula is C35H30FN5O4S. The van der Waals surface area contributed by atoms with Crippen LogP contribution in [0.2, 0.25) is 0 Å². The highest BCUT2D eigenvalue weighted by atomic mass is 32.2. The molecule has 4 aromatic carbocycles. The first-order valence-corrected chi connectivity index (χ1v) is 15.2. The number of nitrogens with zero attached hydrogens (tertiary/aromatic N) is 2. The molecule has 3 amide bonds. The zero-order valence-electron chi connectivity index (χ0n) is 25.0. The van der Waals surface area contributed by atoms with E-state index in [0.29, 0.717) is 27.5 Å². The van der Waals surface area contributed by atoms with Crippen molar-refractivity contribution in [1.29, 1.82) is 0 Å². The lowest BCUT2D eigenvalue weighted by Gasteiger charge is -2.12. The van der Waals surface area contributed by atoms with Crippen LogP contribution in [0.15, 0.2) is 125 Å². The van der Waals surface area contributed by atoms with Gasteiger partial charge in [-0.3, -0.25) is 23.9 Å². The van der Waals surface area contributed by atoms with Crippen LogP contribution in [0, 0.1) is 12.7 Å². The monoisotopic (exact) mass is 635 g/mol. The van der Waals surface area contributed by atoms with Gasteiger partial charge in [0.25, 0.3) is 17.4 Å². The first-order chi connectivity index (χ1) is 22.2. The average Bonchev–Trinajstić information content (AvgIpc) is 3.27. The fourth-order valence-corrected chi connectivity index (χ4v) is 5.34. The van der Waals surface area contributed by atoms with E-state index >= 15 is 0 Å². The molecule has 0 saturated heterocycles.